The number of benzene rings is 4. The Balaban J connectivity index is 1.29. The van der Waals surface area contributed by atoms with Crippen LogP contribution in [0.5, 0.6) is 0 Å². The highest BCUT2D eigenvalue weighted by Gasteiger charge is 2.15. The van der Waals surface area contributed by atoms with Crippen LogP contribution in [0.4, 0.5) is 5.13 Å². The molecule has 1 heterocycles. The Morgan fingerprint density at radius 3 is 2.35 bits per heavy atom. The molecule has 3 N–H and O–H groups in total. The number of aromatic nitrogens is 1. The number of anilines is 1. The van der Waals surface area contributed by atoms with Crippen molar-refractivity contribution < 1.29 is 4.79 Å². The Hall–Kier alpha value is -3.97. The second-order valence-corrected chi connectivity index (χ2v) is 10.8. The summed E-state index contributed by atoms with van der Waals surface area (Å²) in [5.41, 5.74) is 12.6. The van der Waals surface area contributed by atoms with E-state index < -0.39 is 0 Å². The molecule has 1 amide bonds. The average Bonchev–Trinajstić information content (AvgIpc) is 3.49. The normalized spacial score (nSPS) is 10.8. The van der Waals surface area contributed by atoms with Gasteiger partial charge in [-0.1, -0.05) is 96.5 Å². The molecule has 0 saturated carbocycles. The summed E-state index contributed by atoms with van der Waals surface area (Å²) in [4.78, 5) is 20.0. The van der Waals surface area contributed by atoms with Crippen molar-refractivity contribution in [1.29, 1.82) is 0 Å². The van der Waals surface area contributed by atoms with E-state index in [1.165, 1.54) is 5.56 Å². The van der Waals surface area contributed by atoms with Gasteiger partial charge in [0.2, 0.25) is 0 Å². The minimum Gasteiger partial charge on any atom is -0.348 e. The second kappa shape index (κ2) is 13.4. The van der Waals surface area contributed by atoms with E-state index in [-0.39, 0.29) is 5.91 Å². The van der Waals surface area contributed by atoms with Gasteiger partial charge in [0, 0.05) is 47.7 Å². The molecule has 0 fully saturated rings. The molecule has 0 saturated heterocycles. The number of thiazole rings is 1. The number of nitrogens with one attached hydrogen (secondary N) is 1. The lowest BCUT2D eigenvalue weighted by Crippen LogP contribution is -2.25. The molecule has 0 bridgehead atoms. The van der Waals surface area contributed by atoms with E-state index >= 15 is 0 Å². The van der Waals surface area contributed by atoms with Crippen LogP contribution in [0.15, 0.2) is 109 Å². The molecular weight excluding hydrogens is 536 g/mol. The van der Waals surface area contributed by atoms with Crippen molar-refractivity contribution in [3.05, 3.63) is 141 Å². The van der Waals surface area contributed by atoms with Crippen LogP contribution in [0.3, 0.4) is 0 Å². The predicted molar refractivity (Wildman–Crippen MR) is 166 cm³/mol. The number of nitrogens with two attached hydrogens (primary N) is 1. The summed E-state index contributed by atoms with van der Waals surface area (Å²) in [5.74, 6) is -0.102. The van der Waals surface area contributed by atoms with Gasteiger partial charge in [0.05, 0.1) is 5.69 Å². The number of rotatable bonds is 11. The number of carbonyl (C=O) groups is 1. The molecule has 40 heavy (non-hydrogen) atoms. The van der Waals surface area contributed by atoms with Gasteiger partial charge in [-0.05, 0) is 46.9 Å². The van der Waals surface area contributed by atoms with Crippen molar-refractivity contribution in [2.24, 2.45) is 5.73 Å². The molecule has 4 aromatic carbocycles. The van der Waals surface area contributed by atoms with Gasteiger partial charge in [-0.2, -0.15) is 0 Å². The van der Waals surface area contributed by atoms with E-state index in [2.05, 4.69) is 39.9 Å². The largest absolute Gasteiger partial charge is 0.348 e. The SMILES string of the molecule is NCc1cccc(CNC(=O)c2ccc(CN(CCc3ccccc3)c3nc(-c4ccccc4Cl)cs3)cc2)c1. The Labute approximate surface area is 244 Å². The van der Waals surface area contributed by atoms with Gasteiger partial charge in [0.25, 0.3) is 5.91 Å². The molecule has 7 heteroatoms. The number of hydrogen-bond acceptors (Lipinski definition) is 5. The maximum atomic E-state index is 12.8. The zero-order valence-electron chi connectivity index (χ0n) is 22.1. The van der Waals surface area contributed by atoms with E-state index in [0.29, 0.717) is 30.2 Å². The molecule has 5 aromatic rings. The van der Waals surface area contributed by atoms with Crippen LogP contribution in [-0.2, 0) is 26.1 Å². The summed E-state index contributed by atoms with van der Waals surface area (Å²) in [5, 5.41) is 6.69. The zero-order chi connectivity index (χ0) is 27.7. The molecule has 0 aliphatic carbocycles. The molecule has 0 atom stereocenters. The Morgan fingerprint density at radius 1 is 0.850 bits per heavy atom. The third-order valence-electron chi connectivity index (χ3n) is 6.70. The van der Waals surface area contributed by atoms with Crippen molar-refractivity contribution in [3.8, 4) is 11.3 Å². The lowest BCUT2D eigenvalue weighted by atomic mass is 10.1. The molecule has 5 rings (SSSR count). The van der Waals surface area contributed by atoms with Crippen molar-refractivity contribution >= 4 is 34.0 Å². The van der Waals surface area contributed by atoms with Crippen LogP contribution >= 0.6 is 22.9 Å². The molecule has 0 unspecified atom stereocenters. The highest BCUT2D eigenvalue weighted by Crippen LogP contribution is 2.32. The van der Waals surface area contributed by atoms with E-state index in [1.54, 1.807) is 11.3 Å². The number of carbonyl (C=O) groups excluding carboxylic acids is 1. The molecule has 5 nitrogen and oxygen atoms in total. The van der Waals surface area contributed by atoms with E-state index in [1.807, 2.05) is 78.9 Å². The van der Waals surface area contributed by atoms with Crippen LogP contribution in [0.1, 0.15) is 32.6 Å². The van der Waals surface area contributed by atoms with E-state index in [9.17, 15) is 4.79 Å². The molecule has 202 valence electrons. The lowest BCUT2D eigenvalue weighted by molar-refractivity contribution is 0.0951. The van der Waals surface area contributed by atoms with Crippen molar-refractivity contribution in [2.75, 3.05) is 11.4 Å². The van der Waals surface area contributed by atoms with Crippen LogP contribution in [-0.4, -0.2) is 17.4 Å². The van der Waals surface area contributed by atoms with Crippen molar-refractivity contribution in [2.45, 2.75) is 26.1 Å². The highest BCUT2D eigenvalue weighted by atomic mass is 35.5. The third-order valence-corrected chi connectivity index (χ3v) is 7.93. The summed E-state index contributed by atoms with van der Waals surface area (Å²) >= 11 is 8.06. The Bertz CT molecular complexity index is 1550. The van der Waals surface area contributed by atoms with Gasteiger partial charge in [-0.25, -0.2) is 4.98 Å². The highest BCUT2D eigenvalue weighted by molar-refractivity contribution is 7.14. The monoisotopic (exact) mass is 566 g/mol. The van der Waals surface area contributed by atoms with Gasteiger partial charge in [-0.3, -0.25) is 4.79 Å². The number of nitrogens with zero attached hydrogens (tertiary/aromatic N) is 2. The van der Waals surface area contributed by atoms with Crippen LogP contribution in [0.2, 0.25) is 5.02 Å². The van der Waals surface area contributed by atoms with E-state index in [4.69, 9.17) is 22.3 Å². The number of hydrogen-bond donors (Lipinski definition) is 2. The second-order valence-electron chi connectivity index (χ2n) is 9.56. The summed E-state index contributed by atoms with van der Waals surface area (Å²) in [7, 11) is 0. The van der Waals surface area contributed by atoms with Gasteiger partial charge < -0.3 is 16.0 Å². The lowest BCUT2D eigenvalue weighted by Gasteiger charge is -2.22. The van der Waals surface area contributed by atoms with Crippen molar-refractivity contribution in [3.63, 3.8) is 0 Å². The maximum absolute atomic E-state index is 12.8. The first-order valence-electron chi connectivity index (χ1n) is 13.2. The fourth-order valence-electron chi connectivity index (χ4n) is 4.49. The van der Waals surface area contributed by atoms with Crippen LogP contribution < -0.4 is 16.0 Å². The molecule has 0 aliphatic heterocycles. The zero-order valence-corrected chi connectivity index (χ0v) is 23.7. The number of amides is 1. The minimum absolute atomic E-state index is 0.102. The first kappa shape index (κ1) is 27.6. The molecular formula is C33H31ClN4OS. The van der Waals surface area contributed by atoms with Gasteiger partial charge >= 0.3 is 0 Å². The smallest absolute Gasteiger partial charge is 0.251 e. The maximum Gasteiger partial charge on any atom is 0.251 e. The quantitative estimate of drug-likeness (QED) is 0.179. The Morgan fingerprint density at radius 2 is 1.57 bits per heavy atom. The summed E-state index contributed by atoms with van der Waals surface area (Å²) in [6, 6.07) is 34.0. The first-order valence-corrected chi connectivity index (χ1v) is 14.5. The fraction of sp³-hybridized carbons (Fsp3) is 0.152. The standard InChI is InChI=1S/C33H31ClN4OS/c34-30-12-5-4-11-29(30)31-23-40-33(37-31)38(18-17-24-7-2-1-3-8-24)22-25-13-15-28(16-14-25)32(39)36-21-27-10-6-9-26(19-27)20-35/h1-16,19,23H,17-18,20-22,35H2,(H,36,39). The first-order chi connectivity index (χ1) is 19.6. The van der Waals surface area contributed by atoms with E-state index in [0.717, 1.165) is 46.0 Å². The summed E-state index contributed by atoms with van der Waals surface area (Å²) < 4.78 is 0. The number of halogens is 1. The van der Waals surface area contributed by atoms with Gasteiger partial charge in [0.1, 0.15) is 0 Å². The Kier molecular flexibility index (Phi) is 9.24. The molecule has 0 spiro atoms. The topological polar surface area (TPSA) is 71.2 Å². The predicted octanol–water partition coefficient (Wildman–Crippen LogP) is 7.10. The van der Waals surface area contributed by atoms with Gasteiger partial charge in [-0.15, -0.1) is 11.3 Å². The van der Waals surface area contributed by atoms with Crippen LogP contribution in [0, 0.1) is 0 Å². The van der Waals surface area contributed by atoms with Crippen molar-refractivity contribution in [1.82, 2.24) is 10.3 Å². The average molecular weight is 567 g/mol. The van der Waals surface area contributed by atoms with Gasteiger partial charge in [0.15, 0.2) is 5.13 Å². The molecule has 0 radical (unpaired) electrons. The third kappa shape index (κ3) is 7.16. The molecule has 1 aromatic heterocycles. The summed E-state index contributed by atoms with van der Waals surface area (Å²) in [6.07, 6.45) is 0.897. The van der Waals surface area contributed by atoms with Crippen LogP contribution in [0.25, 0.3) is 11.3 Å². The fourth-order valence-corrected chi connectivity index (χ4v) is 5.57. The minimum atomic E-state index is -0.102. The molecule has 0 aliphatic rings. The summed E-state index contributed by atoms with van der Waals surface area (Å²) in [6.45, 7) is 2.42.